The van der Waals surface area contributed by atoms with Gasteiger partial charge in [-0.05, 0) is 62.7 Å². The van der Waals surface area contributed by atoms with Gasteiger partial charge in [-0.25, -0.2) is 9.50 Å². The quantitative estimate of drug-likeness (QED) is 0.228. The Bertz CT molecular complexity index is 1560. The van der Waals surface area contributed by atoms with Crippen molar-refractivity contribution in [3.8, 4) is 34.2 Å². The zero-order chi connectivity index (χ0) is 25.8. The predicted molar refractivity (Wildman–Crippen MR) is 142 cm³/mol. The highest BCUT2D eigenvalue weighted by molar-refractivity contribution is 5.66. The van der Waals surface area contributed by atoms with Crippen LogP contribution in [0.2, 0.25) is 0 Å². The van der Waals surface area contributed by atoms with Gasteiger partial charge in [0.15, 0.2) is 0 Å². The van der Waals surface area contributed by atoms with E-state index in [1.54, 1.807) is 21.5 Å². The Balaban J connectivity index is 1.39. The molecule has 8 heteroatoms. The monoisotopic (exact) mass is 498 g/mol. The molecule has 3 aromatic heterocycles. The smallest absolute Gasteiger partial charge is 0.276 e. The van der Waals surface area contributed by atoms with Gasteiger partial charge in [0.25, 0.3) is 5.56 Å². The highest BCUT2D eigenvalue weighted by atomic mass is 16.5. The molecular weight excluding hydrogens is 468 g/mol. The fourth-order valence-corrected chi connectivity index (χ4v) is 4.12. The summed E-state index contributed by atoms with van der Waals surface area (Å²) < 4.78 is 20.7. The minimum Gasteiger partial charge on any atom is -0.494 e. The first-order chi connectivity index (χ1) is 18.1. The maximum Gasteiger partial charge on any atom is 0.276 e. The lowest BCUT2D eigenvalue weighted by Crippen LogP contribution is -2.22. The van der Waals surface area contributed by atoms with Crippen LogP contribution in [0.5, 0.6) is 11.5 Å². The van der Waals surface area contributed by atoms with E-state index in [1.165, 1.54) is 0 Å². The number of hydrogen-bond acceptors (Lipinski definition) is 6. The SMILES string of the molecule is CCCCOc1ccc(-c2cc3c(=O)n(Cc4nc(-c5ccccc5OCC)oc4C)ccn3n2)cc1. The molecule has 0 saturated heterocycles. The van der Waals surface area contributed by atoms with Crippen LogP contribution in [-0.4, -0.2) is 32.4 Å². The maximum atomic E-state index is 13.3. The van der Waals surface area contributed by atoms with E-state index in [0.29, 0.717) is 41.8 Å². The van der Waals surface area contributed by atoms with Crippen molar-refractivity contribution >= 4 is 5.52 Å². The molecule has 0 atom stereocenters. The zero-order valence-electron chi connectivity index (χ0n) is 21.3. The van der Waals surface area contributed by atoms with E-state index >= 15 is 0 Å². The van der Waals surface area contributed by atoms with Gasteiger partial charge >= 0.3 is 0 Å². The molecule has 0 aliphatic carbocycles. The van der Waals surface area contributed by atoms with Gasteiger partial charge in [-0.1, -0.05) is 25.5 Å². The summed E-state index contributed by atoms with van der Waals surface area (Å²) in [5, 5.41) is 4.60. The van der Waals surface area contributed by atoms with Gasteiger partial charge in [-0.2, -0.15) is 5.10 Å². The lowest BCUT2D eigenvalue weighted by molar-refractivity contribution is 0.309. The van der Waals surface area contributed by atoms with Crippen molar-refractivity contribution in [2.45, 2.75) is 40.2 Å². The second kappa shape index (κ2) is 10.7. The van der Waals surface area contributed by atoms with Crippen molar-refractivity contribution in [1.29, 1.82) is 0 Å². The molecule has 37 heavy (non-hydrogen) atoms. The van der Waals surface area contributed by atoms with E-state index in [1.807, 2.05) is 68.4 Å². The number of unbranched alkanes of at least 4 members (excludes halogenated alkanes) is 1. The minimum absolute atomic E-state index is 0.153. The molecule has 0 fully saturated rings. The minimum atomic E-state index is -0.153. The van der Waals surface area contributed by atoms with Gasteiger partial charge in [0.2, 0.25) is 5.89 Å². The summed E-state index contributed by atoms with van der Waals surface area (Å²) in [4.78, 5) is 18.0. The Kier molecular flexibility index (Phi) is 7.07. The highest BCUT2D eigenvalue weighted by Gasteiger charge is 2.17. The molecule has 5 aromatic rings. The van der Waals surface area contributed by atoms with Crippen molar-refractivity contribution in [1.82, 2.24) is 19.2 Å². The second-order valence-corrected chi connectivity index (χ2v) is 8.77. The fourth-order valence-electron chi connectivity index (χ4n) is 4.12. The molecule has 0 radical (unpaired) electrons. The van der Waals surface area contributed by atoms with Gasteiger partial charge in [-0.3, -0.25) is 4.79 Å². The van der Waals surface area contributed by atoms with E-state index in [-0.39, 0.29) is 12.1 Å². The zero-order valence-corrected chi connectivity index (χ0v) is 21.3. The molecule has 0 saturated carbocycles. The van der Waals surface area contributed by atoms with Crippen molar-refractivity contribution in [3.05, 3.63) is 88.8 Å². The fraction of sp³-hybridized carbons (Fsp3) is 0.276. The third-order valence-electron chi connectivity index (χ3n) is 6.15. The molecule has 0 bridgehead atoms. The number of rotatable bonds is 10. The molecule has 5 rings (SSSR count). The van der Waals surface area contributed by atoms with E-state index in [0.717, 1.165) is 35.4 Å². The van der Waals surface area contributed by atoms with E-state index < -0.39 is 0 Å². The van der Waals surface area contributed by atoms with Crippen LogP contribution in [0, 0.1) is 6.92 Å². The molecule has 0 N–H and O–H groups in total. The molecule has 0 aliphatic rings. The Labute approximate surface area is 215 Å². The van der Waals surface area contributed by atoms with Crippen LogP contribution in [-0.2, 0) is 6.54 Å². The van der Waals surface area contributed by atoms with E-state index in [2.05, 4.69) is 17.0 Å². The lowest BCUT2D eigenvalue weighted by Gasteiger charge is -2.06. The summed E-state index contributed by atoms with van der Waals surface area (Å²) in [6.45, 7) is 7.46. The molecule has 0 amide bonds. The average molecular weight is 499 g/mol. The summed E-state index contributed by atoms with van der Waals surface area (Å²) in [5.41, 5.74) is 3.45. The van der Waals surface area contributed by atoms with Crippen LogP contribution >= 0.6 is 0 Å². The van der Waals surface area contributed by atoms with Crippen LogP contribution in [0.3, 0.4) is 0 Å². The molecule has 190 valence electrons. The number of aromatic nitrogens is 4. The Morgan fingerprint density at radius 2 is 1.81 bits per heavy atom. The average Bonchev–Trinajstić information content (AvgIpc) is 3.51. The summed E-state index contributed by atoms with van der Waals surface area (Å²) in [7, 11) is 0. The van der Waals surface area contributed by atoms with E-state index in [9.17, 15) is 4.79 Å². The van der Waals surface area contributed by atoms with Crippen LogP contribution in [0.4, 0.5) is 0 Å². The first-order valence-electron chi connectivity index (χ1n) is 12.6. The van der Waals surface area contributed by atoms with Crippen molar-refractivity contribution in [2.24, 2.45) is 0 Å². The van der Waals surface area contributed by atoms with Gasteiger partial charge in [0.1, 0.15) is 28.5 Å². The second-order valence-electron chi connectivity index (χ2n) is 8.77. The number of hydrogen-bond donors (Lipinski definition) is 0. The van der Waals surface area contributed by atoms with Crippen LogP contribution in [0.1, 0.15) is 38.1 Å². The number of benzene rings is 2. The van der Waals surface area contributed by atoms with Crippen LogP contribution in [0.15, 0.2) is 76.2 Å². The van der Waals surface area contributed by atoms with Gasteiger partial charge in [-0.15, -0.1) is 0 Å². The molecule has 0 spiro atoms. The van der Waals surface area contributed by atoms with Crippen LogP contribution in [0.25, 0.3) is 28.2 Å². The summed E-state index contributed by atoms with van der Waals surface area (Å²) in [6, 6.07) is 17.2. The summed E-state index contributed by atoms with van der Waals surface area (Å²) >= 11 is 0. The Hall–Kier alpha value is -4.33. The first kappa shape index (κ1) is 24.4. The van der Waals surface area contributed by atoms with Crippen molar-refractivity contribution in [2.75, 3.05) is 13.2 Å². The number of fused-ring (bicyclic) bond motifs is 1. The summed E-state index contributed by atoms with van der Waals surface area (Å²) in [5.74, 6) is 2.67. The largest absolute Gasteiger partial charge is 0.494 e. The standard InChI is InChI=1S/C29H30N4O4/c1-4-6-17-36-22-13-11-21(12-14-22)24-18-26-29(34)32(15-16-33(26)31-24)19-25-20(3)37-28(30-25)23-9-7-8-10-27(23)35-5-2/h7-16,18H,4-6,17,19H2,1-3H3. The van der Waals surface area contributed by atoms with Crippen molar-refractivity contribution < 1.29 is 13.9 Å². The number of ether oxygens (including phenoxy) is 2. The van der Waals surface area contributed by atoms with Crippen molar-refractivity contribution in [3.63, 3.8) is 0 Å². The number of oxazole rings is 1. The number of para-hydroxylation sites is 1. The molecule has 3 heterocycles. The Morgan fingerprint density at radius 1 is 1.00 bits per heavy atom. The topological polar surface area (TPSA) is 83.8 Å². The molecule has 8 nitrogen and oxygen atoms in total. The lowest BCUT2D eigenvalue weighted by atomic mass is 10.1. The normalized spacial score (nSPS) is 11.2. The van der Waals surface area contributed by atoms with E-state index in [4.69, 9.17) is 13.9 Å². The van der Waals surface area contributed by atoms with Gasteiger partial charge < -0.3 is 18.5 Å². The summed E-state index contributed by atoms with van der Waals surface area (Å²) in [6.07, 6.45) is 5.62. The van der Waals surface area contributed by atoms with Gasteiger partial charge in [0.05, 0.1) is 31.0 Å². The molecular formula is C29H30N4O4. The molecule has 2 aromatic carbocycles. The number of aryl methyl sites for hydroxylation is 1. The third-order valence-corrected chi connectivity index (χ3v) is 6.15. The first-order valence-corrected chi connectivity index (χ1v) is 12.6. The Morgan fingerprint density at radius 3 is 2.59 bits per heavy atom. The highest BCUT2D eigenvalue weighted by Crippen LogP contribution is 2.30. The third kappa shape index (κ3) is 5.14. The van der Waals surface area contributed by atoms with Gasteiger partial charge in [0, 0.05) is 18.0 Å². The van der Waals surface area contributed by atoms with Crippen LogP contribution < -0.4 is 15.0 Å². The molecule has 0 unspecified atom stereocenters. The predicted octanol–water partition coefficient (Wildman–Crippen LogP) is 5.75. The number of nitrogens with zero attached hydrogens (tertiary/aromatic N) is 4. The molecule has 0 aliphatic heterocycles. The maximum absolute atomic E-state index is 13.3.